The number of esters is 1. The molecule has 0 aliphatic carbocycles. The largest absolute Gasteiger partial charge is 0.477 e. The van der Waals surface area contributed by atoms with Crippen molar-refractivity contribution >= 4 is 17.6 Å². The van der Waals surface area contributed by atoms with Gasteiger partial charge in [-0.05, 0) is 12.1 Å². The minimum absolute atomic E-state index is 0.240. The molecule has 0 amide bonds. The zero-order valence-electron chi connectivity index (χ0n) is 8.27. The Hall–Kier alpha value is -1.73. The van der Waals surface area contributed by atoms with Crippen LogP contribution in [0.5, 0.6) is 5.75 Å². The van der Waals surface area contributed by atoms with Crippen LogP contribution in [0.25, 0.3) is 0 Å². The lowest BCUT2D eigenvalue weighted by Crippen LogP contribution is -2.22. The molecule has 4 nitrogen and oxygen atoms in total. The highest BCUT2D eigenvalue weighted by Gasteiger charge is 2.29. The predicted octanol–water partition coefficient (Wildman–Crippen LogP) is 1.91. The van der Waals surface area contributed by atoms with E-state index in [4.69, 9.17) is 26.3 Å². The van der Waals surface area contributed by atoms with Crippen molar-refractivity contribution in [3.63, 3.8) is 0 Å². The number of hydrogen-bond donors (Lipinski definition) is 0. The molecule has 0 bridgehead atoms. The first-order chi connectivity index (χ1) is 7.72. The van der Waals surface area contributed by atoms with E-state index in [1.54, 1.807) is 18.2 Å². The van der Waals surface area contributed by atoms with Crippen LogP contribution in [0.1, 0.15) is 12.0 Å². The van der Waals surface area contributed by atoms with Gasteiger partial charge in [0.05, 0.1) is 11.6 Å². The molecule has 2 rings (SSSR count). The highest BCUT2D eigenvalue weighted by Crippen LogP contribution is 2.27. The Balaban J connectivity index is 2.25. The standard InChI is InChI=1S/C11H8ClNO3/c12-8-2-1-3-9(7(8)6-13)16-10-4-5-15-11(10)14/h1-3,10H,4-5H2. The number of rotatable bonds is 2. The van der Waals surface area contributed by atoms with Gasteiger partial charge in [-0.15, -0.1) is 0 Å². The van der Waals surface area contributed by atoms with Gasteiger partial charge in [-0.1, -0.05) is 17.7 Å². The number of nitriles is 1. The van der Waals surface area contributed by atoms with Crippen molar-refractivity contribution in [3.05, 3.63) is 28.8 Å². The van der Waals surface area contributed by atoms with Crippen LogP contribution in [0, 0.1) is 11.3 Å². The molecule has 0 saturated carbocycles. The van der Waals surface area contributed by atoms with Gasteiger partial charge < -0.3 is 9.47 Å². The van der Waals surface area contributed by atoms with Gasteiger partial charge in [0.25, 0.3) is 0 Å². The fraction of sp³-hybridized carbons (Fsp3) is 0.273. The average Bonchev–Trinajstić information content (AvgIpc) is 2.65. The first-order valence-corrected chi connectivity index (χ1v) is 5.12. The fourth-order valence-electron chi connectivity index (χ4n) is 1.45. The topological polar surface area (TPSA) is 59.3 Å². The molecule has 5 heteroatoms. The van der Waals surface area contributed by atoms with Gasteiger partial charge >= 0.3 is 5.97 Å². The molecule has 82 valence electrons. The van der Waals surface area contributed by atoms with E-state index in [0.29, 0.717) is 23.8 Å². The lowest BCUT2D eigenvalue weighted by atomic mass is 10.2. The lowest BCUT2D eigenvalue weighted by Gasteiger charge is -2.11. The van der Waals surface area contributed by atoms with Crippen LogP contribution in [-0.4, -0.2) is 18.7 Å². The third kappa shape index (κ3) is 1.95. The Morgan fingerprint density at radius 3 is 3.00 bits per heavy atom. The molecule has 1 aromatic carbocycles. The zero-order valence-corrected chi connectivity index (χ0v) is 9.03. The van der Waals surface area contributed by atoms with Crippen LogP contribution in [0.3, 0.4) is 0 Å². The SMILES string of the molecule is N#Cc1c(Cl)cccc1OC1CCOC1=O. The Kier molecular flexibility index (Phi) is 2.97. The van der Waals surface area contributed by atoms with Crippen molar-refractivity contribution in [2.24, 2.45) is 0 Å². The molecule has 0 aromatic heterocycles. The Bertz CT molecular complexity index is 467. The third-order valence-electron chi connectivity index (χ3n) is 2.24. The van der Waals surface area contributed by atoms with E-state index in [9.17, 15) is 4.79 Å². The molecule has 1 aromatic rings. The molecule has 1 atom stereocenters. The molecule has 1 saturated heterocycles. The van der Waals surface area contributed by atoms with Crippen molar-refractivity contribution in [1.29, 1.82) is 5.26 Å². The van der Waals surface area contributed by atoms with E-state index in [0.717, 1.165) is 0 Å². The molecule has 0 radical (unpaired) electrons. The zero-order chi connectivity index (χ0) is 11.5. The van der Waals surface area contributed by atoms with Crippen LogP contribution in [0.2, 0.25) is 5.02 Å². The number of ether oxygens (including phenoxy) is 2. The summed E-state index contributed by atoms with van der Waals surface area (Å²) < 4.78 is 10.2. The maximum atomic E-state index is 11.2. The number of halogens is 1. The van der Waals surface area contributed by atoms with Gasteiger partial charge in [0.1, 0.15) is 17.4 Å². The second kappa shape index (κ2) is 4.42. The Morgan fingerprint density at radius 2 is 2.38 bits per heavy atom. The van der Waals surface area contributed by atoms with E-state index in [1.807, 2.05) is 6.07 Å². The molecule has 1 fully saturated rings. The molecule has 1 unspecified atom stereocenters. The van der Waals surface area contributed by atoms with Crippen molar-refractivity contribution in [2.75, 3.05) is 6.61 Å². The summed E-state index contributed by atoms with van der Waals surface area (Å²) in [5, 5.41) is 9.22. The second-order valence-electron chi connectivity index (χ2n) is 3.29. The van der Waals surface area contributed by atoms with Crippen molar-refractivity contribution < 1.29 is 14.3 Å². The first kappa shape index (κ1) is 10.8. The fourth-order valence-corrected chi connectivity index (χ4v) is 1.66. The van der Waals surface area contributed by atoms with Crippen LogP contribution < -0.4 is 4.74 Å². The quantitative estimate of drug-likeness (QED) is 0.738. The van der Waals surface area contributed by atoms with E-state index in [-0.39, 0.29) is 5.56 Å². The molecular weight excluding hydrogens is 230 g/mol. The summed E-state index contributed by atoms with van der Waals surface area (Å²) in [6, 6.07) is 6.81. The minimum atomic E-state index is -0.634. The van der Waals surface area contributed by atoms with Gasteiger partial charge in [-0.25, -0.2) is 4.79 Å². The molecule has 0 spiro atoms. The maximum Gasteiger partial charge on any atom is 0.347 e. The van der Waals surface area contributed by atoms with Crippen molar-refractivity contribution in [1.82, 2.24) is 0 Å². The Labute approximate surface area is 97.3 Å². The average molecular weight is 238 g/mol. The maximum absolute atomic E-state index is 11.2. The number of carbonyl (C=O) groups is 1. The van der Waals surface area contributed by atoms with E-state index < -0.39 is 12.1 Å². The molecule has 16 heavy (non-hydrogen) atoms. The van der Waals surface area contributed by atoms with Crippen LogP contribution in [0.4, 0.5) is 0 Å². The smallest absolute Gasteiger partial charge is 0.347 e. The van der Waals surface area contributed by atoms with Gasteiger partial charge in [0, 0.05) is 6.42 Å². The predicted molar refractivity (Wildman–Crippen MR) is 56.2 cm³/mol. The van der Waals surface area contributed by atoms with E-state index in [1.165, 1.54) is 0 Å². The molecule has 1 aliphatic rings. The summed E-state index contributed by atoms with van der Waals surface area (Å²) in [5.41, 5.74) is 0.240. The minimum Gasteiger partial charge on any atom is -0.477 e. The van der Waals surface area contributed by atoms with Crippen LogP contribution in [0.15, 0.2) is 18.2 Å². The molecule has 1 aliphatic heterocycles. The van der Waals surface area contributed by atoms with Crippen LogP contribution in [-0.2, 0) is 9.53 Å². The molecule has 0 N–H and O–H groups in total. The van der Waals surface area contributed by atoms with Gasteiger partial charge in [0.2, 0.25) is 0 Å². The van der Waals surface area contributed by atoms with E-state index >= 15 is 0 Å². The van der Waals surface area contributed by atoms with Crippen molar-refractivity contribution in [2.45, 2.75) is 12.5 Å². The van der Waals surface area contributed by atoms with Gasteiger partial charge in [0.15, 0.2) is 6.10 Å². The second-order valence-corrected chi connectivity index (χ2v) is 3.69. The summed E-state index contributed by atoms with van der Waals surface area (Å²) in [6.45, 7) is 0.353. The summed E-state index contributed by atoms with van der Waals surface area (Å²) in [4.78, 5) is 11.2. The normalized spacial score (nSPS) is 19.0. The highest BCUT2D eigenvalue weighted by atomic mass is 35.5. The number of carbonyl (C=O) groups excluding carboxylic acids is 1. The third-order valence-corrected chi connectivity index (χ3v) is 2.56. The monoisotopic (exact) mass is 237 g/mol. The number of nitrogens with zero attached hydrogens (tertiary/aromatic N) is 1. The summed E-state index contributed by atoms with van der Waals surface area (Å²) >= 11 is 5.83. The molecular formula is C11H8ClNO3. The van der Waals surface area contributed by atoms with Crippen LogP contribution >= 0.6 is 11.6 Å². The highest BCUT2D eigenvalue weighted by molar-refractivity contribution is 6.31. The molecule has 1 heterocycles. The Morgan fingerprint density at radius 1 is 1.56 bits per heavy atom. The van der Waals surface area contributed by atoms with E-state index in [2.05, 4.69) is 0 Å². The summed E-state index contributed by atoms with van der Waals surface area (Å²) in [5.74, 6) is -0.0808. The number of hydrogen-bond acceptors (Lipinski definition) is 4. The summed E-state index contributed by atoms with van der Waals surface area (Å²) in [7, 11) is 0. The van der Waals surface area contributed by atoms with Crippen molar-refractivity contribution in [3.8, 4) is 11.8 Å². The summed E-state index contributed by atoms with van der Waals surface area (Å²) in [6.07, 6.45) is -0.137. The number of benzene rings is 1. The lowest BCUT2D eigenvalue weighted by molar-refractivity contribution is -0.143. The van der Waals surface area contributed by atoms with Gasteiger partial charge in [-0.3, -0.25) is 0 Å². The van der Waals surface area contributed by atoms with Gasteiger partial charge in [-0.2, -0.15) is 5.26 Å². The number of cyclic esters (lactones) is 1. The first-order valence-electron chi connectivity index (χ1n) is 4.74.